The third kappa shape index (κ3) is 6.48. The number of nitrogens with zero attached hydrogens (tertiary/aromatic N) is 3. The van der Waals surface area contributed by atoms with Gasteiger partial charge in [-0.1, -0.05) is 37.3 Å². The molecule has 0 saturated heterocycles. The van der Waals surface area contributed by atoms with Crippen molar-refractivity contribution in [2.45, 2.75) is 32.4 Å². The van der Waals surface area contributed by atoms with E-state index in [0.29, 0.717) is 12.6 Å². The topological polar surface area (TPSA) is 52.6 Å². The van der Waals surface area contributed by atoms with Gasteiger partial charge >= 0.3 is 0 Å². The van der Waals surface area contributed by atoms with Crippen LogP contribution < -0.4 is 10.6 Å². The van der Waals surface area contributed by atoms with E-state index in [2.05, 4.69) is 76.9 Å². The van der Waals surface area contributed by atoms with Crippen LogP contribution in [0.15, 0.2) is 41.5 Å². The molecule has 0 amide bonds. The van der Waals surface area contributed by atoms with E-state index >= 15 is 0 Å². The standard InChI is InChI=1S/C19H29N5S/c1-5-17-13-21-18(25-17)14-23-19(20-2)22-12-16(24(3)4)11-15-9-7-6-8-10-15/h6-10,13,16H,5,11-12,14H2,1-4H3,(H2,20,22,23). The summed E-state index contributed by atoms with van der Waals surface area (Å²) in [5, 5.41) is 7.88. The molecule has 0 aliphatic heterocycles. The summed E-state index contributed by atoms with van der Waals surface area (Å²) in [6.07, 6.45) is 4.00. The van der Waals surface area contributed by atoms with E-state index in [-0.39, 0.29) is 0 Å². The highest BCUT2D eigenvalue weighted by molar-refractivity contribution is 7.11. The van der Waals surface area contributed by atoms with Crippen LogP contribution in [0.25, 0.3) is 0 Å². The zero-order valence-corrected chi connectivity index (χ0v) is 16.4. The molecule has 0 aliphatic carbocycles. The summed E-state index contributed by atoms with van der Waals surface area (Å²) in [5.41, 5.74) is 1.35. The van der Waals surface area contributed by atoms with Gasteiger partial charge in [0.2, 0.25) is 0 Å². The molecule has 0 saturated carbocycles. The van der Waals surface area contributed by atoms with E-state index in [0.717, 1.165) is 30.4 Å². The number of thiazole rings is 1. The Kier molecular flexibility index (Phi) is 7.88. The summed E-state index contributed by atoms with van der Waals surface area (Å²) < 4.78 is 0. The van der Waals surface area contributed by atoms with Gasteiger partial charge in [0.15, 0.2) is 5.96 Å². The Balaban J connectivity index is 1.84. The number of hydrogen-bond donors (Lipinski definition) is 2. The van der Waals surface area contributed by atoms with Gasteiger partial charge in [-0.25, -0.2) is 4.98 Å². The third-order valence-corrected chi connectivity index (χ3v) is 5.27. The zero-order chi connectivity index (χ0) is 18.1. The second kappa shape index (κ2) is 10.2. The molecular weight excluding hydrogens is 330 g/mol. The summed E-state index contributed by atoms with van der Waals surface area (Å²) in [7, 11) is 6.04. The van der Waals surface area contributed by atoms with Gasteiger partial charge < -0.3 is 15.5 Å². The molecule has 1 atom stereocenters. The fourth-order valence-corrected chi connectivity index (χ4v) is 3.31. The van der Waals surface area contributed by atoms with Crippen LogP contribution in [0.3, 0.4) is 0 Å². The van der Waals surface area contributed by atoms with Crippen LogP contribution in [0.2, 0.25) is 0 Å². The van der Waals surface area contributed by atoms with Gasteiger partial charge in [0.1, 0.15) is 5.01 Å². The SMILES string of the molecule is CCc1cnc(CNC(=NC)NCC(Cc2ccccc2)N(C)C)s1. The number of aliphatic imine (C=N–C) groups is 1. The van der Waals surface area contributed by atoms with E-state index in [1.54, 1.807) is 18.4 Å². The van der Waals surface area contributed by atoms with Crippen molar-refractivity contribution in [3.05, 3.63) is 52.0 Å². The lowest BCUT2D eigenvalue weighted by Gasteiger charge is -2.25. The van der Waals surface area contributed by atoms with Crippen LogP contribution in [0.4, 0.5) is 0 Å². The quantitative estimate of drug-likeness (QED) is 0.562. The number of rotatable bonds is 8. The van der Waals surface area contributed by atoms with Gasteiger partial charge in [-0.3, -0.25) is 4.99 Å². The molecule has 1 aromatic heterocycles. The smallest absolute Gasteiger partial charge is 0.191 e. The first-order chi connectivity index (χ1) is 12.1. The zero-order valence-electron chi connectivity index (χ0n) is 15.6. The number of nitrogens with one attached hydrogen (secondary N) is 2. The first-order valence-corrected chi connectivity index (χ1v) is 9.52. The molecule has 1 unspecified atom stereocenters. The lowest BCUT2D eigenvalue weighted by atomic mass is 10.1. The van der Waals surface area contributed by atoms with E-state index in [9.17, 15) is 0 Å². The number of likely N-dealkylation sites (N-methyl/N-ethyl adjacent to an activating group) is 1. The third-order valence-electron chi connectivity index (χ3n) is 4.13. The van der Waals surface area contributed by atoms with Crippen molar-refractivity contribution in [2.24, 2.45) is 4.99 Å². The highest BCUT2D eigenvalue weighted by Crippen LogP contribution is 2.12. The molecule has 1 aromatic carbocycles. The Morgan fingerprint density at radius 2 is 2.00 bits per heavy atom. The van der Waals surface area contributed by atoms with Gasteiger partial charge in [0.05, 0.1) is 6.54 Å². The van der Waals surface area contributed by atoms with Gasteiger partial charge in [-0.15, -0.1) is 11.3 Å². The number of aromatic nitrogens is 1. The highest BCUT2D eigenvalue weighted by atomic mass is 32.1. The van der Waals surface area contributed by atoms with Crippen LogP contribution in [-0.2, 0) is 19.4 Å². The molecule has 5 nitrogen and oxygen atoms in total. The Bertz CT molecular complexity index is 651. The van der Waals surface area contributed by atoms with Crippen LogP contribution >= 0.6 is 11.3 Å². The second-order valence-electron chi connectivity index (χ2n) is 6.19. The Labute approximate surface area is 155 Å². The number of guanidine groups is 1. The largest absolute Gasteiger partial charge is 0.355 e. The molecule has 0 radical (unpaired) electrons. The van der Waals surface area contributed by atoms with Gasteiger partial charge in [-0.05, 0) is 32.5 Å². The maximum atomic E-state index is 4.44. The van der Waals surface area contributed by atoms with Crippen molar-refractivity contribution in [1.82, 2.24) is 20.5 Å². The fraction of sp³-hybridized carbons (Fsp3) is 0.474. The highest BCUT2D eigenvalue weighted by Gasteiger charge is 2.13. The summed E-state index contributed by atoms with van der Waals surface area (Å²) in [6.45, 7) is 3.69. The predicted octanol–water partition coefficient (Wildman–Crippen LogP) is 2.54. The van der Waals surface area contributed by atoms with Gasteiger partial charge in [0.25, 0.3) is 0 Å². The molecule has 6 heteroatoms. The Morgan fingerprint density at radius 3 is 2.60 bits per heavy atom. The van der Waals surface area contributed by atoms with Crippen LogP contribution in [0.1, 0.15) is 22.4 Å². The summed E-state index contributed by atoms with van der Waals surface area (Å²) >= 11 is 1.75. The van der Waals surface area contributed by atoms with Gasteiger partial charge in [0, 0.05) is 30.7 Å². The molecule has 0 fully saturated rings. The van der Waals surface area contributed by atoms with Crippen molar-refractivity contribution < 1.29 is 0 Å². The number of hydrogen-bond acceptors (Lipinski definition) is 4. The minimum Gasteiger partial charge on any atom is -0.355 e. The minimum absolute atomic E-state index is 0.396. The van der Waals surface area contributed by atoms with E-state index in [1.807, 2.05) is 6.20 Å². The van der Waals surface area contributed by atoms with Crippen molar-refractivity contribution in [3.8, 4) is 0 Å². The maximum Gasteiger partial charge on any atom is 0.191 e. The predicted molar refractivity (Wildman–Crippen MR) is 107 cm³/mol. The number of benzene rings is 1. The lowest BCUT2D eigenvalue weighted by molar-refractivity contribution is 0.290. The molecule has 136 valence electrons. The molecule has 0 spiro atoms. The van der Waals surface area contributed by atoms with Crippen LogP contribution in [0, 0.1) is 0 Å². The molecule has 2 rings (SSSR count). The van der Waals surface area contributed by atoms with Crippen LogP contribution in [-0.4, -0.2) is 49.6 Å². The first-order valence-electron chi connectivity index (χ1n) is 8.70. The molecule has 0 aliphatic rings. The fourth-order valence-electron chi connectivity index (χ4n) is 2.51. The van der Waals surface area contributed by atoms with E-state index in [1.165, 1.54) is 10.4 Å². The summed E-state index contributed by atoms with van der Waals surface area (Å²) in [5.74, 6) is 0.813. The maximum absolute atomic E-state index is 4.44. The Morgan fingerprint density at radius 1 is 1.24 bits per heavy atom. The van der Waals surface area contributed by atoms with E-state index in [4.69, 9.17) is 0 Å². The van der Waals surface area contributed by atoms with Gasteiger partial charge in [-0.2, -0.15) is 0 Å². The van der Waals surface area contributed by atoms with E-state index < -0.39 is 0 Å². The number of aryl methyl sites for hydroxylation is 1. The Hall–Kier alpha value is -1.92. The first kappa shape index (κ1) is 19.4. The monoisotopic (exact) mass is 359 g/mol. The molecule has 25 heavy (non-hydrogen) atoms. The molecule has 1 heterocycles. The average molecular weight is 360 g/mol. The molecule has 0 bridgehead atoms. The van der Waals surface area contributed by atoms with Crippen molar-refractivity contribution >= 4 is 17.3 Å². The van der Waals surface area contributed by atoms with Crippen molar-refractivity contribution in [3.63, 3.8) is 0 Å². The second-order valence-corrected chi connectivity index (χ2v) is 7.39. The molecular formula is C19H29N5S. The summed E-state index contributed by atoms with van der Waals surface area (Å²) in [4.78, 5) is 12.3. The van der Waals surface area contributed by atoms with Crippen LogP contribution in [0.5, 0.6) is 0 Å². The molecule has 2 N–H and O–H groups in total. The minimum atomic E-state index is 0.396. The average Bonchev–Trinajstić information content (AvgIpc) is 3.09. The van der Waals surface area contributed by atoms with Crippen molar-refractivity contribution in [2.75, 3.05) is 27.7 Å². The molecule has 2 aromatic rings. The lowest BCUT2D eigenvalue weighted by Crippen LogP contribution is -2.45. The summed E-state index contributed by atoms with van der Waals surface area (Å²) in [6, 6.07) is 11.0. The normalized spacial score (nSPS) is 13.1. The van der Waals surface area contributed by atoms with Crippen molar-refractivity contribution in [1.29, 1.82) is 0 Å².